The molecule has 0 saturated carbocycles. The first-order valence-corrected chi connectivity index (χ1v) is 10.7. The fourth-order valence-corrected chi connectivity index (χ4v) is 3.47. The van der Waals surface area contributed by atoms with Crippen molar-refractivity contribution in [3.63, 3.8) is 0 Å². The molecule has 1 aromatic rings. The minimum atomic E-state index is -0.774. The van der Waals surface area contributed by atoms with Gasteiger partial charge < -0.3 is 19.5 Å². The molecular weight excluding hydrogens is 503 g/mol. The molecule has 156 valence electrons. The topological polar surface area (TPSA) is 117 Å². The van der Waals surface area contributed by atoms with Gasteiger partial charge in [-0.15, -0.1) is 0 Å². The fraction of sp³-hybridized carbons (Fsp3) is 0.529. The van der Waals surface area contributed by atoms with Crippen LogP contribution < -0.4 is 14.8 Å². The number of amides is 1. The van der Waals surface area contributed by atoms with Crippen LogP contribution in [-0.4, -0.2) is 47.1 Å². The van der Waals surface area contributed by atoms with Crippen LogP contribution in [0.4, 0.5) is 10.5 Å². The zero-order valence-corrected chi connectivity index (χ0v) is 19.0. The highest BCUT2D eigenvalue weighted by atomic mass is 127. The van der Waals surface area contributed by atoms with Gasteiger partial charge in [-0.2, -0.15) is 0 Å². The first-order chi connectivity index (χ1) is 13.2. The van der Waals surface area contributed by atoms with Crippen LogP contribution in [0.1, 0.15) is 19.4 Å². The number of benzene rings is 1. The van der Waals surface area contributed by atoms with Crippen LogP contribution in [0.5, 0.6) is 11.5 Å². The predicted octanol–water partition coefficient (Wildman–Crippen LogP) is 3.56. The largest absolute Gasteiger partial charge is 0.493 e. The van der Waals surface area contributed by atoms with E-state index in [1.807, 2.05) is 0 Å². The average molecular weight is 526 g/mol. The lowest BCUT2D eigenvalue weighted by Crippen LogP contribution is -2.38. The number of nitrogens with zero attached hydrogens (tertiary/aromatic N) is 1. The molecule has 0 aromatic heterocycles. The predicted molar refractivity (Wildman–Crippen MR) is 115 cm³/mol. The summed E-state index contributed by atoms with van der Waals surface area (Å²) in [7, 11) is 2.77. The lowest BCUT2D eigenvalue weighted by atomic mass is 9.96. The van der Waals surface area contributed by atoms with Gasteiger partial charge in [0.25, 0.3) is 5.69 Å². The quantitative estimate of drug-likeness (QED) is 0.213. The Kier molecular flexibility index (Phi) is 9.79. The van der Waals surface area contributed by atoms with Gasteiger partial charge in [0.1, 0.15) is 6.61 Å². The van der Waals surface area contributed by atoms with Gasteiger partial charge in [-0.1, -0.05) is 48.2 Å². The van der Waals surface area contributed by atoms with Crippen LogP contribution in [0.3, 0.4) is 0 Å². The van der Waals surface area contributed by atoms with E-state index in [0.29, 0.717) is 5.75 Å². The van der Waals surface area contributed by atoms with Crippen molar-refractivity contribution in [2.24, 2.45) is 5.41 Å². The van der Waals surface area contributed by atoms with Gasteiger partial charge in [-0.05, 0) is 6.07 Å². The van der Waals surface area contributed by atoms with Gasteiger partial charge in [-0.3, -0.25) is 14.9 Å². The number of carbonyl (C=O) groups is 2. The number of methoxy groups -OCH3 is 2. The lowest BCUT2D eigenvalue weighted by molar-refractivity contribution is -0.385. The SMILES string of the molecule is COc1cc(COC(=O)NCC(C)(C)C(=O)SCCI)c([N+](=O)[O-])cc1OC. The van der Waals surface area contributed by atoms with Crippen molar-refractivity contribution in [1.29, 1.82) is 0 Å². The molecule has 0 bridgehead atoms. The Morgan fingerprint density at radius 2 is 1.86 bits per heavy atom. The van der Waals surface area contributed by atoms with E-state index in [0.717, 1.165) is 4.43 Å². The Labute approximate surface area is 181 Å². The van der Waals surface area contributed by atoms with Crippen molar-refractivity contribution in [2.45, 2.75) is 20.5 Å². The molecule has 0 radical (unpaired) electrons. The maximum atomic E-state index is 12.1. The normalized spacial score (nSPS) is 10.9. The third-order valence-corrected chi connectivity index (χ3v) is 6.17. The van der Waals surface area contributed by atoms with Crippen molar-refractivity contribution in [2.75, 3.05) is 30.9 Å². The molecule has 0 aliphatic carbocycles. The average Bonchev–Trinajstić information content (AvgIpc) is 2.67. The minimum absolute atomic E-state index is 0.0278. The summed E-state index contributed by atoms with van der Waals surface area (Å²) in [6, 6.07) is 2.60. The molecule has 0 atom stereocenters. The first kappa shape index (κ1) is 24.3. The summed E-state index contributed by atoms with van der Waals surface area (Å²) < 4.78 is 16.1. The Morgan fingerprint density at radius 3 is 2.39 bits per heavy atom. The number of alkyl halides is 1. The number of hydrogen-bond acceptors (Lipinski definition) is 8. The van der Waals surface area contributed by atoms with E-state index >= 15 is 0 Å². The molecule has 0 fully saturated rings. The molecule has 1 amide bonds. The Morgan fingerprint density at radius 1 is 1.25 bits per heavy atom. The maximum absolute atomic E-state index is 12.1. The standard InChI is InChI=1S/C17H23IN2O7S/c1-17(2,15(21)28-6-5-18)10-19-16(22)27-9-11-7-13(25-3)14(26-4)8-12(11)20(23)24/h7-8H,5-6,9-10H2,1-4H3,(H,19,22). The van der Waals surface area contributed by atoms with Crippen molar-refractivity contribution < 1.29 is 28.7 Å². The second-order valence-electron chi connectivity index (χ2n) is 6.23. The van der Waals surface area contributed by atoms with E-state index in [1.165, 1.54) is 38.1 Å². The van der Waals surface area contributed by atoms with E-state index in [4.69, 9.17) is 14.2 Å². The third kappa shape index (κ3) is 7.00. The second-order valence-corrected chi connectivity index (χ2v) is 8.38. The van der Waals surface area contributed by atoms with Crippen molar-refractivity contribution in [3.8, 4) is 11.5 Å². The number of carbonyl (C=O) groups excluding carboxylic acids is 2. The van der Waals surface area contributed by atoms with Crippen molar-refractivity contribution in [1.82, 2.24) is 5.32 Å². The number of ether oxygens (including phenoxy) is 3. The van der Waals surface area contributed by atoms with Crippen LogP contribution >= 0.6 is 34.4 Å². The van der Waals surface area contributed by atoms with Gasteiger partial charge in [0, 0.05) is 16.7 Å². The number of nitro groups is 1. The molecule has 0 heterocycles. The second kappa shape index (κ2) is 11.3. The monoisotopic (exact) mass is 526 g/mol. The molecule has 0 spiro atoms. The number of nitrogens with one attached hydrogen (secondary N) is 1. The Balaban J connectivity index is 2.74. The summed E-state index contributed by atoms with van der Waals surface area (Å²) in [6.07, 6.45) is -0.774. The zero-order chi connectivity index (χ0) is 21.3. The van der Waals surface area contributed by atoms with Crippen molar-refractivity contribution in [3.05, 3.63) is 27.8 Å². The Bertz CT molecular complexity index is 728. The molecule has 0 aliphatic rings. The molecule has 11 heteroatoms. The number of halogens is 1. The molecule has 1 aromatic carbocycles. The number of hydrogen-bond donors (Lipinski definition) is 1. The van der Waals surface area contributed by atoms with Gasteiger partial charge in [-0.25, -0.2) is 4.79 Å². The third-order valence-electron chi connectivity index (χ3n) is 3.68. The summed E-state index contributed by atoms with van der Waals surface area (Å²) in [6.45, 7) is 3.22. The molecule has 9 nitrogen and oxygen atoms in total. The number of alkyl carbamates (subject to hydrolysis) is 1. The van der Waals surface area contributed by atoms with E-state index in [9.17, 15) is 19.7 Å². The first-order valence-electron chi connectivity index (χ1n) is 8.19. The van der Waals surface area contributed by atoms with E-state index in [-0.39, 0.29) is 41.0 Å². The highest BCUT2D eigenvalue weighted by Gasteiger charge is 2.28. The summed E-state index contributed by atoms with van der Waals surface area (Å²) in [4.78, 5) is 34.8. The highest BCUT2D eigenvalue weighted by Crippen LogP contribution is 2.34. The van der Waals surface area contributed by atoms with Gasteiger partial charge in [0.15, 0.2) is 16.6 Å². The van der Waals surface area contributed by atoms with Crippen LogP contribution in [0.25, 0.3) is 0 Å². The van der Waals surface area contributed by atoms with E-state index < -0.39 is 16.4 Å². The van der Waals surface area contributed by atoms with E-state index in [1.54, 1.807) is 13.8 Å². The Hall–Kier alpha value is -1.76. The van der Waals surface area contributed by atoms with Crippen LogP contribution in [0.15, 0.2) is 12.1 Å². The molecular formula is C17H23IN2O7S. The smallest absolute Gasteiger partial charge is 0.407 e. The van der Waals surface area contributed by atoms with Gasteiger partial charge in [0.05, 0.1) is 36.2 Å². The maximum Gasteiger partial charge on any atom is 0.407 e. The summed E-state index contributed by atoms with van der Waals surface area (Å²) >= 11 is 3.41. The van der Waals surface area contributed by atoms with Gasteiger partial charge >= 0.3 is 6.09 Å². The van der Waals surface area contributed by atoms with Crippen LogP contribution in [-0.2, 0) is 16.1 Å². The molecule has 28 heavy (non-hydrogen) atoms. The van der Waals surface area contributed by atoms with Crippen molar-refractivity contribution >= 4 is 51.2 Å². The fourth-order valence-electron chi connectivity index (χ4n) is 2.08. The molecule has 0 unspecified atom stereocenters. The highest BCUT2D eigenvalue weighted by molar-refractivity contribution is 14.1. The van der Waals surface area contributed by atoms with E-state index in [2.05, 4.69) is 27.9 Å². The molecule has 1 N–H and O–H groups in total. The van der Waals surface area contributed by atoms with Crippen LogP contribution in [0, 0.1) is 15.5 Å². The van der Waals surface area contributed by atoms with Crippen LogP contribution in [0.2, 0.25) is 0 Å². The summed E-state index contributed by atoms with van der Waals surface area (Å²) in [5.74, 6) is 1.19. The number of rotatable bonds is 10. The minimum Gasteiger partial charge on any atom is -0.493 e. The number of nitro benzene ring substituents is 1. The van der Waals surface area contributed by atoms with Gasteiger partial charge in [0.2, 0.25) is 0 Å². The molecule has 1 rings (SSSR count). The number of thioether (sulfide) groups is 1. The summed E-state index contributed by atoms with van der Waals surface area (Å²) in [5, 5.41) is 13.8. The molecule has 0 saturated heterocycles. The zero-order valence-electron chi connectivity index (χ0n) is 16.1. The lowest BCUT2D eigenvalue weighted by Gasteiger charge is -2.22. The molecule has 0 aliphatic heterocycles. The summed E-state index contributed by atoms with van der Waals surface area (Å²) in [5.41, 5.74) is -0.855.